The summed E-state index contributed by atoms with van der Waals surface area (Å²) in [7, 11) is 2.34. The van der Waals surface area contributed by atoms with E-state index in [1.54, 1.807) is 0 Å². The highest BCUT2D eigenvalue weighted by Gasteiger charge is 2.39. The van der Waals surface area contributed by atoms with Gasteiger partial charge in [0.1, 0.15) is 0 Å². The van der Waals surface area contributed by atoms with E-state index in [-0.39, 0.29) is 0 Å². The molecule has 0 aromatic carbocycles. The molecule has 0 N–H and O–H groups in total. The van der Waals surface area contributed by atoms with Gasteiger partial charge in [-0.15, -0.1) is 0 Å². The van der Waals surface area contributed by atoms with Crippen molar-refractivity contribution in [1.29, 1.82) is 0 Å². The molecule has 1 rings (SSSR count). The van der Waals surface area contributed by atoms with Crippen LogP contribution in [0.1, 0.15) is 93.4 Å². The Kier molecular flexibility index (Phi) is 7.43. The summed E-state index contributed by atoms with van der Waals surface area (Å²) in [6, 6.07) is 0.745. The molecular formula is C21H43N. The van der Waals surface area contributed by atoms with Gasteiger partial charge in [0.2, 0.25) is 0 Å². The summed E-state index contributed by atoms with van der Waals surface area (Å²) in [5.74, 6) is 1.80. The van der Waals surface area contributed by atoms with E-state index in [1.165, 1.54) is 51.5 Å². The predicted octanol–water partition coefficient (Wildman–Crippen LogP) is 6.38. The molecule has 0 bridgehead atoms. The highest BCUT2D eigenvalue weighted by molar-refractivity contribution is 4.92. The quantitative estimate of drug-likeness (QED) is 0.503. The van der Waals surface area contributed by atoms with E-state index in [1.807, 2.05) is 0 Å². The summed E-state index contributed by atoms with van der Waals surface area (Å²) in [5.41, 5.74) is 1.08. The van der Waals surface area contributed by atoms with Crippen molar-refractivity contribution >= 4 is 0 Å². The first-order valence-electron chi connectivity index (χ1n) is 9.94. The van der Waals surface area contributed by atoms with Gasteiger partial charge in [-0.2, -0.15) is 0 Å². The average Bonchev–Trinajstić information content (AvgIpc) is 2.54. The van der Waals surface area contributed by atoms with Crippen molar-refractivity contribution in [3.8, 4) is 0 Å². The van der Waals surface area contributed by atoms with Crippen LogP contribution in [0.15, 0.2) is 0 Å². The molecule has 0 spiro atoms. The van der Waals surface area contributed by atoms with Crippen molar-refractivity contribution in [3.05, 3.63) is 0 Å². The van der Waals surface area contributed by atoms with E-state index < -0.39 is 0 Å². The lowest BCUT2D eigenvalue weighted by atomic mass is 9.64. The zero-order valence-electron chi connectivity index (χ0n) is 16.8. The number of likely N-dealkylation sites (tertiary alicyclic amines) is 1. The Morgan fingerprint density at radius 2 is 1.32 bits per heavy atom. The number of piperidine rings is 1. The van der Waals surface area contributed by atoms with Crippen LogP contribution >= 0.6 is 0 Å². The first kappa shape index (κ1) is 20.0. The fraction of sp³-hybridized carbons (Fsp3) is 1.00. The molecule has 1 fully saturated rings. The van der Waals surface area contributed by atoms with Gasteiger partial charge in [-0.25, -0.2) is 0 Å². The summed E-state index contributed by atoms with van der Waals surface area (Å²) in [4.78, 5) is 2.61. The fourth-order valence-electron chi connectivity index (χ4n) is 4.38. The van der Waals surface area contributed by atoms with E-state index in [2.05, 4.69) is 60.4 Å². The smallest absolute Gasteiger partial charge is 0.00950 e. The van der Waals surface area contributed by atoms with E-state index in [0.29, 0.717) is 10.8 Å². The van der Waals surface area contributed by atoms with Gasteiger partial charge in [-0.1, -0.05) is 67.2 Å². The van der Waals surface area contributed by atoms with Gasteiger partial charge in [0.25, 0.3) is 0 Å². The van der Waals surface area contributed by atoms with Gasteiger partial charge < -0.3 is 4.90 Å². The van der Waals surface area contributed by atoms with Gasteiger partial charge >= 0.3 is 0 Å². The molecule has 1 heteroatoms. The summed E-state index contributed by atoms with van der Waals surface area (Å²) >= 11 is 0. The largest absolute Gasteiger partial charge is 0.303 e. The molecule has 1 heterocycles. The first-order chi connectivity index (χ1) is 10.2. The third-order valence-corrected chi connectivity index (χ3v) is 7.67. The number of hydrogen-bond acceptors (Lipinski definition) is 1. The van der Waals surface area contributed by atoms with Crippen molar-refractivity contribution in [3.63, 3.8) is 0 Å². The zero-order chi connectivity index (χ0) is 17.0. The second-order valence-corrected chi connectivity index (χ2v) is 8.88. The number of hydrogen-bond donors (Lipinski definition) is 0. The molecule has 1 aliphatic rings. The van der Waals surface area contributed by atoms with Gasteiger partial charge in [-0.3, -0.25) is 0 Å². The second-order valence-electron chi connectivity index (χ2n) is 8.88. The number of rotatable bonds is 8. The Morgan fingerprint density at radius 1 is 0.864 bits per heavy atom. The highest BCUT2D eigenvalue weighted by Crippen LogP contribution is 2.46. The first-order valence-corrected chi connectivity index (χ1v) is 9.94. The minimum absolute atomic E-state index is 0.532. The van der Waals surface area contributed by atoms with Crippen molar-refractivity contribution in [2.75, 3.05) is 13.6 Å². The van der Waals surface area contributed by atoms with Crippen LogP contribution in [0.4, 0.5) is 0 Å². The maximum Gasteiger partial charge on any atom is 0.00950 e. The summed E-state index contributed by atoms with van der Waals surface area (Å²) in [6.45, 7) is 18.4. The van der Waals surface area contributed by atoms with Crippen LogP contribution in [-0.4, -0.2) is 24.5 Å². The van der Waals surface area contributed by atoms with Gasteiger partial charge in [-0.05, 0) is 62.4 Å². The molecule has 3 unspecified atom stereocenters. The molecule has 0 aromatic heterocycles. The lowest BCUT2D eigenvalue weighted by Gasteiger charge is -2.48. The molecule has 0 saturated carbocycles. The van der Waals surface area contributed by atoms with E-state index in [4.69, 9.17) is 0 Å². The third-order valence-electron chi connectivity index (χ3n) is 7.67. The van der Waals surface area contributed by atoms with Gasteiger partial charge in [0.05, 0.1) is 0 Å². The Balaban J connectivity index is 2.92. The van der Waals surface area contributed by atoms with Crippen LogP contribution in [0.2, 0.25) is 0 Å². The molecule has 1 nitrogen and oxygen atoms in total. The second kappa shape index (κ2) is 8.18. The molecule has 132 valence electrons. The maximum absolute atomic E-state index is 2.61. The molecule has 3 atom stereocenters. The topological polar surface area (TPSA) is 3.24 Å². The summed E-state index contributed by atoms with van der Waals surface area (Å²) < 4.78 is 0. The SMILES string of the molecule is CCC(C)(CC)CC1CCN(C)C(C)C1CC(C)(CC)CC. The van der Waals surface area contributed by atoms with Crippen LogP contribution in [0.3, 0.4) is 0 Å². The maximum atomic E-state index is 2.61. The predicted molar refractivity (Wildman–Crippen MR) is 100 cm³/mol. The third kappa shape index (κ3) is 4.73. The van der Waals surface area contributed by atoms with Crippen LogP contribution in [0.25, 0.3) is 0 Å². The molecule has 0 amide bonds. The number of nitrogens with zero attached hydrogens (tertiary/aromatic N) is 1. The Bertz CT molecular complexity index is 314. The lowest BCUT2D eigenvalue weighted by molar-refractivity contribution is 0.0185. The molecule has 0 aromatic rings. The average molecular weight is 310 g/mol. The standard InChI is InChI=1S/C21H43N/c1-9-20(6,10-2)15-18-13-14-22(8)17(5)19(18)16-21(7,11-3)12-4/h17-19H,9-16H2,1-8H3. The monoisotopic (exact) mass is 309 g/mol. The summed E-state index contributed by atoms with van der Waals surface area (Å²) in [5, 5.41) is 0. The Hall–Kier alpha value is -0.0400. The van der Waals surface area contributed by atoms with Gasteiger partial charge in [0.15, 0.2) is 0 Å². The van der Waals surface area contributed by atoms with Crippen LogP contribution in [-0.2, 0) is 0 Å². The van der Waals surface area contributed by atoms with Crippen LogP contribution in [0.5, 0.6) is 0 Å². The molecule has 0 aliphatic carbocycles. The molecule has 22 heavy (non-hydrogen) atoms. The van der Waals surface area contributed by atoms with Crippen molar-refractivity contribution in [1.82, 2.24) is 4.90 Å². The van der Waals surface area contributed by atoms with E-state index >= 15 is 0 Å². The lowest BCUT2D eigenvalue weighted by Crippen LogP contribution is -2.48. The molecule has 0 radical (unpaired) electrons. The summed E-state index contributed by atoms with van der Waals surface area (Å²) in [6.07, 6.45) is 9.56. The highest BCUT2D eigenvalue weighted by atomic mass is 15.1. The van der Waals surface area contributed by atoms with Gasteiger partial charge in [0, 0.05) is 6.04 Å². The normalized spacial score (nSPS) is 28.1. The Labute approximate surface area is 141 Å². The van der Waals surface area contributed by atoms with E-state index in [9.17, 15) is 0 Å². The molecular weight excluding hydrogens is 266 g/mol. The van der Waals surface area contributed by atoms with Crippen molar-refractivity contribution in [2.45, 2.75) is 99.5 Å². The molecule has 1 saturated heterocycles. The fourth-order valence-corrected chi connectivity index (χ4v) is 4.38. The minimum atomic E-state index is 0.532. The van der Waals surface area contributed by atoms with Crippen LogP contribution < -0.4 is 0 Å². The van der Waals surface area contributed by atoms with Crippen molar-refractivity contribution in [2.24, 2.45) is 22.7 Å². The van der Waals surface area contributed by atoms with Crippen LogP contribution in [0, 0.1) is 22.7 Å². The Morgan fingerprint density at radius 3 is 1.77 bits per heavy atom. The zero-order valence-corrected chi connectivity index (χ0v) is 16.8. The molecule has 1 aliphatic heterocycles. The minimum Gasteiger partial charge on any atom is -0.303 e. The van der Waals surface area contributed by atoms with Crippen molar-refractivity contribution < 1.29 is 0 Å². The van der Waals surface area contributed by atoms with E-state index in [0.717, 1.165) is 17.9 Å².